The minimum Gasteiger partial charge on any atom is -0.405 e. The molecule has 4 fully saturated rings. The van der Waals surface area contributed by atoms with Gasteiger partial charge in [0, 0.05) is 22.6 Å². The van der Waals surface area contributed by atoms with Crippen molar-refractivity contribution in [3.05, 3.63) is 76.0 Å². The second-order valence-corrected chi connectivity index (χ2v) is 13.6. The number of rotatable bonds is 8. The van der Waals surface area contributed by atoms with E-state index in [9.17, 15) is 18.0 Å². The molecular weight excluding hydrogens is 599 g/mol. The highest BCUT2D eigenvalue weighted by atomic mass is 19.4. The van der Waals surface area contributed by atoms with Crippen LogP contribution in [0, 0.1) is 23.7 Å². The molecule has 46 heavy (non-hydrogen) atoms. The third kappa shape index (κ3) is 5.89. The fraction of sp³-hybridized carbons (Fsp3) is 0.514. The highest BCUT2D eigenvalue weighted by Gasteiger charge is 2.49. The number of hydrogen-bond acceptors (Lipinski definition) is 7. The molecule has 2 aromatic heterocycles. The summed E-state index contributed by atoms with van der Waals surface area (Å²) in [5, 5.41) is 10.5. The van der Waals surface area contributed by atoms with Gasteiger partial charge in [-0.15, -0.1) is 18.3 Å². The van der Waals surface area contributed by atoms with E-state index in [-0.39, 0.29) is 29.9 Å². The van der Waals surface area contributed by atoms with Gasteiger partial charge in [-0.05, 0) is 117 Å². The summed E-state index contributed by atoms with van der Waals surface area (Å²) in [6.45, 7) is 0.252. The molecule has 6 atom stereocenters. The zero-order chi connectivity index (χ0) is 31.4. The molecule has 2 aromatic carbocycles. The van der Waals surface area contributed by atoms with Gasteiger partial charge in [-0.3, -0.25) is 0 Å². The third-order valence-electron chi connectivity index (χ3n) is 10.8. The summed E-state index contributed by atoms with van der Waals surface area (Å²) in [5.74, 6) is 3.61. The van der Waals surface area contributed by atoms with E-state index >= 15 is 0 Å². The van der Waals surface area contributed by atoms with Gasteiger partial charge in [0.05, 0.1) is 12.7 Å². The lowest BCUT2D eigenvalue weighted by atomic mass is 9.85. The van der Waals surface area contributed by atoms with Crippen LogP contribution in [0.1, 0.15) is 86.5 Å². The quantitative estimate of drug-likeness (QED) is 0.208. The minimum absolute atomic E-state index is 0.0658. The summed E-state index contributed by atoms with van der Waals surface area (Å²) < 4.78 is 61.4. The third-order valence-corrected chi connectivity index (χ3v) is 10.8. The monoisotopic (exact) mass is 635 g/mol. The molecule has 0 saturated heterocycles. The Hall–Kier alpha value is -3.86. The number of ether oxygens (including phenoxy) is 2. The van der Waals surface area contributed by atoms with Crippen molar-refractivity contribution in [3.8, 4) is 28.5 Å². The Morgan fingerprint density at radius 3 is 2.46 bits per heavy atom. The van der Waals surface area contributed by atoms with Crippen LogP contribution < -0.4 is 10.5 Å². The molecule has 4 aliphatic carbocycles. The normalized spacial score (nSPS) is 27.7. The van der Waals surface area contributed by atoms with Gasteiger partial charge in [0.15, 0.2) is 0 Å². The average Bonchev–Trinajstić information content (AvgIpc) is 3.32. The van der Waals surface area contributed by atoms with Crippen molar-refractivity contribution >= 4 is 0 Å². The summed E-state index contributed by atoms with van der Waals surface area (Å²) >= 11 is 0. The maximum absolute atomic E-state index is 13.2. The van der Waals surface area contributed by atoms with Crippen LogP contribution in [0.5, 0.6) is 5.75 Å². The molecule has 0 spiro atoms. The van der Waals surface area contributed by atoms with Gasteiger partial charge in [-0.1, -0.05) is 29.4 Å². The molecule has 8 nitrogen and oxygen atoms in total. The first-order chi connectivity index (χ1) is 22.3. The van der Waals surface area contributed by atoms with E-state index in [1.807, 2.05) is 12.1 Å². The number of hydrogen-bond donors (Lipinski definition) is 1. The van der Waals surface area contributed by atoms with Crippen LogP contribution in [0.15, 0.2) is 62.3 Å². The maximum atomic E-state index is 13.2. The molecule has 2 heterocycles. The van der Waals surface area contributed by atoms with Crippen LogP contribution in [0.4, 0.5) is 13.2 Å². The van der Waals surface area contributed by atoms with Gasteiger partial charge in [-0.25, -0.2) is 9.89 Å². The largest absolute Gasteiger partial charge is 0.573 e. The first kappa shape index (κ1) is 29.5. The molecule has 0 radical (unpaired) electrons. The lowest BCUT2D eigenvalue weighted by Crippen LogP contribution is -2.18. The highest BCUT2D eigenvalue weighted by Crippen LogP contribution is 2.59. The van der Waals surface area contributed by atoms with Crippen molar-refractivity contribution in [1.29, 1.82) is 0 Å². The van der Waals surface area contributed by atoms with E-state index in [2.05, 4.69) is 32.2 Å². The van der Waals surface area contributed by atoms with Crippen molar-refractivity contribution in [3.63, 3.8) is 0 Å². The Morgan fingerprint density at radius 1 is 0.913 bits per heavy atom. The number of para-hydroxylation sites is 1. The van der Waals surface area contributed by atoms with E-state index in [0.29, 0.717) is 41.2 Å². The zero-order valence-electron chi connectivity index (χ0n) is 25.3. The van der Waals surface area contributed by atoms with Gasteiger partial charge >= 0.3 is 12.1 Å². The van der Waals surface area contributed by atoms with E-state index in [4.69, 9.17) is 13.7 Å². The lowest BCUT2D eigenvalue weighted by Gasteiger charge is -2.23. The molecule has 0 aliphatic heterocycles. The van der Waals surface area contributed by atoms with Gasteiger partial charge in [-0.2, -0.15) is 0 Å². The van der Waals surface area contributed by atoms with Crippen molar-refractivity contribution in [1.82, 2.24) is 15.4 Å². The van der Waals surface area contributed by atoms with Crippen LogP contribution in [-0.2, 0) is 11.3 Å². The molecule has 8 rings (SSSR count). The van der Waals surface area contributed by atoms with Crippen molar-refractivity contribution in [2.45, 2.75) is 88.7 Å². The second kappa shape index (κ2) is 11.7. The number of aromatic nitrogens is 3. The van der Waals surface area contributed by atoms with Crippen molar-refractivity contribution < 1.29 is 31.6 Å². The van der Waals surface area contributed by atoms with Crippen LogP contribution >= 0.6 is 0 Å². The van der Waals surface area contributed by atoms with Gasteiger partial charge < -0.3 is 18.4 Å². The highest BCUT2D eigenvalue weighted by molar-refractivity contribution is 5.70. The summed E-state index contributed by atoms with van der Waals surface area (Å²) in [6.07, 6.45) is 4.99. The fourth-order valence-electron chi connectivity index (χ4n) is 8.62. The van der Waals surface area contributed by atoms with Gasteiger partial charge in [0.2, 0.25) is 5.89 Å². The molecule has 4 saturated carbocycles. The Bertz CT molecular complexity index is 1740. The SMILES string of the molecule is O=c1[nH]nc(-c2ccc(C3C[C@@H]4CC[C@@H](OCc5c(-c6ccccc6OC(F)(F)F)noc5C5CC5)CC[C@@H]5CC3C4C5)cc2)o1. The Kier molecular flexibility index (Phi) is 7.54. The number of benzene rings is 2. The topological polar surface area (TPSA) is 103 Å². The van der Waals surface area contributed by atoms with E-state index in [1.165, 1.54) is 30.5 Å². The van der Waals surface area contributed by atoms with Crippen LogP contribution in [-0.4, -0.2) is 27.8 Å². The number of aromatic amines is 1. The molecule has 4 aliphatic rings. The van der Waals surface area contributed by atoms with E-state index in [1.54, 1.807) is 12.1 Å². The number of alkyl halides is 3. The van der Waals surface area contributed by atoms with E-state index in [0.717, 1.165) is 61.8 Å². The summed E-state index contributed by atoms with van der Waals surface area (Å²) in [6, 6.07) is 14.4. The molecule has 1 N–H and O–H groups in total. The molecule has 11 heteroatoms. The molecule has 3 unspecified atom stereocenters. The number of nitrogens with zero attached hydrogens (tertiary/aromatic N) is 2. The van der Waals surface area contributed by atoms with Crippen molar-refractivity contribution in [2.24, 2.45) is 23.7 Å². The molecule has 242 valence electrons. The second-order valence-electron chi connectivity index (χ2n) is 13.6. The predicted molar refractivity (Wildman–Crippen MR) is 161 cm³/mol. The average molecular weight is 636 g/mol. The van der Waals surface area contributed by atoms with E-state index < -0.39 is 12.1 Å². The van der Waals surface area contributed by atoms with Gasteiger partial charge in [0.25, 0.3) is 0 Å². The van der Waals surface area contributed by atoms with Crippen LogP contribution in [0.25, 0.3) is 22.7 Å². The molecule has 0 amide bonds. The zero-order valence-corrected chi connectivity index (χ0v) is 25.3. The number of nitrogens with one attached hydrogen (secondary N) is 1. The summed E-state index contributed by atoms with van der Waals surface area (Å²) in [4.78, 5) is 11.4. The number of fused-ring (bicyclic) bond motifs is 1. The van der Waals surface area contributed by atoms with Crippen LogP contribution in [0.2, 0.25) is 0 Å². The van der Waals surface area contributed by atoms with Crippen molar-refractivity contribution in [2.75, 3.05) is 0 Å². The maximum Gasteiger partial charge on any atom is 0.573 e. The Balaban J connectivity index is 0.971. The Labute approximate surface area is 263 Å². The molecule has 4 aromatic rings. The van der Waals surface area contributed by atoms with Crippen LogP contribution in [0.3, 0.4) is 0 Å². The molecular formula is C35H36F3N3O5. The standard InChI is InChI=1S/C35H36F3N3O5/c36-35(37,38)45-30-4-2-1-3-25(30)31-29(32(46-41-31)21-8-9-21)18-43-24-13-5-19-15-26-23(12-14-24)17-27(28(26)16-19)20-6-10-22(11-7-20)33-39-40-34(42)44-33/h1-4,6-7,10-11,19,21,23-24,26-28H,5,8-9,12-18H2,(H,40,42)/t19-,23-,24-,26?,27?,28?/m0/s1. The number of halogens is 3. The first-order valence-corrected chi connectivity index (χ1v) is 16.4. The summed E-state index contributed by atoms with van der Waals surface area (Å²) in [5.41, 5.74) is 3.49. The Morgan fingerprint density at radius 2 is 1.70 bits per heavy atom. The lowest BCUT2D eigenvalue weighted by molar-refractivity contribution is -0.274. The summed E-state index contributed by atoms with van der Waals surface area (Å²) in [7, 11) is 0. The number of H-pyrrole nitrogens is 1. The first-order valence-electron chi connectivity index (χ1n) is 16.4. The van der Waals surface area contributed by atoms with Gasteiger partial charge in [0.1, 0.15) is 17.2 Å². The fourth-order valence-corrected chi connectivity index (χ4v) is 8.62. The predicted octanol–water partition coefficient (Wildman–Crippen LogP) is 8.37. The minimum atomic E-state index is -4.81. The molecule has 2 bridgehead atoms. The smallest absolute Gasteiger partial charge is 0.405 e.